The molecule has 0 saturated carbocycles. The third kappa shape index (κ3) is 6.54. The first-order chi connectivity index (χ1) is 11.7. The van der Waals surface area contributed by atoms with Crippen LogP contribution in [0, 0.1) is 0 Å². The van der Waals surface area contributed by atoms with Gasteiger partial charge < -0.3 is 15.4 Å². The smallest absolute Gasteiger partial charge is 0.315 e. The molecular formula is C19H24N2O2S. The summed E-state index contributed by atoms with van der Waals surface area (Å²) < 4.78 is 5.22. The van der Waals surface area contributed by atoms with Crippen LogP contribution in [0.3, 0.4) is 0 Å². The van der Waals surface area contributed by atoms with E-state index in [0.717, 1.165) is 23.5 Å². The number of amides is 2. The Balaban J connectivity index is 1.66. The van der Waals surface area contributed by atoms with Gasteiger partial charge in [0, 0.05) is 23.2 Å². The van der Waals surface area contributed by atoms with Crippen LogP contribution in [0.4, 0.5) is 4.79 Å². The molecule has 0 aliphatic carbocycles. The lowest BCUT2D eigenvalue weighted by molar-refractivity contribution is 0.238. The molecule has 0 aliphatic rings. The first kappa shape index (κ1) is 18.2. The molecule has 5 heteroatoms. The summed E-state index contributed by atoms with van der Waals surface area (Å²) in [5.41, 5.74) is 1.14. The molecule has 0 radical (unpaired) electrons. The second kappa shape index (κ2) is 9.88. The first-order valence-corrected chi connectivity index (χ1v) is 9.01. The molecule has 0 heterocycles. The average Bonchev–Trinajstić information content (AvgIpc) is 2.59. The van der Waals surface area contributed by atoms with Gasteiger partial charge in [-0.25, -0.2) is 4.79 Å². The van der Waals surface area contributed by atoms with E-state index < -0.39 is 0 Å². The molecule has 4 nitrogen and oxygen atoms in total. The number of hydrogen-bond donors (Lipinski definition) is 2. The largest absolute Gasteiger partial charge is 0.497 e. The molecule has 128 valence electrons. The molecule has 2 N–H and O–H groups in total. The van der Waals surface area contributed by atoms with Crippen LogP contribution < -0.4 is 15.4 Å². The normalized spacial score (nSPS) is 11.6. The molecule has 0 bridgehead atoms. The van der Waals surface area contributed by atoms with Gasteiger partial charge in [0.25, 0.3) is 0 Å². The van der Waals surface area contributed by atoms with Crippen LogP contribution in [0.2, 0.25) is 0 Å². The van der Waals surface area contributed by atoms with Gasteiger partial charge in [0.15, 0.2) is 0 Å². The van der Waals surface area contributed by atoms with E-state index >= 15 is 0 Å². The third-order valence-corrected chi connectivity index (χ3v) is 4.47. The fourth-order valence-electron chi connectivity index (χ4n) is 2.33. The lowest BCUT2D eigenvalue weighted by Gasteiger charge is -2.15. The highest BCUT2D eigenvalue weighted by Crippen LogP contribution is 2.16. The summed E-state index contributed by atoms with van der Waals surface area (Å²) in [5.74, 6) is 1.68. The number of methoxy groups -OCH3 is 1. The Morgan fingerprint density at radius 2 is 1.96 bits per heavy atom. The predicted octanol–water partition coefficient (Wildman–Crippen LogP) is 3.72. The molecule has 0 aromatic heterocycles. The number of nitrogens with one attached hydrogen (secondary N) is 2. The van der Waals surface area contributed by atoms with E-state index in [4.69, 9.17) is 4.74 Å². The summed E-state index contributed by atoms with van der Waals surface area (Å²) in [5, 5.41) is 5.86. The number of urea groups is 1. The lowest BCUT2D eigenvalue weighted by Crippen LogP contribution is -2.42. The minimum absolute atomic E-state index is 0.0545. The van der Waals surface area contributed by atoms with Gasteiger partial charge in [-0.3, -0.25) is 0 Å². The van der Waals surface area contributed by atoms with E-state index in [0.29, 0.717) is 6.54 Å². The van der Waals surface area contributed by atoms with Crippen molar-refractivity contribution in [2.75, 3.05) is 19.4 Å². The molecule has 1 unspecified atom stereocenters. The second-order valence-corrected chi connectivity index (χ2v) is 6.69. The molecule has 24 heavy (non-hydrogen) atoms. The highest BCUT2D eigenvalue weighted by molar-refractivity contribution is 7.99. The van der Waals surface area contributed by atoms with Crippen molar-refractivity contribution >= 4 is 17.8 Å². The second-order valence-electron chi connectivity index (χ2n) is 5.52. The number of benzene rings is 2. The van der Waals surface area contributed by atoms with Gasteiger partial charge >= 0.3 is 6.03 Å². The minimum Gasteiger partial charge on any atom is -0.497 e. The van der Waals surface area contributed by atoms with Crippen molar-refractivity contribution in [2.45, 2.75) is 24.3 Å². The Kier molecular flexibility index (Phi) is 7.49. The molecule has 0 aliphatic heterocycles. The summed E-state index contributed by atoms with van der Waals surface area (Å²) in [6.45, 7) is 2.63. The van der Waals surface area contributed by atoms with Gasteiger partial charge in [0.2, 0.25) is 0 Å². The van der Waals surface area contributed by atoms with Crippen molar-refractivity contribution in [1.29, 1.82) is 0 Å². The highest BCUT2D eigenvalue weighted by atomic mass is 32.2. The SMILES string of the molecule is COc1cccc(CC(C)NC(=O)NCCSc2ccccc2)c1. The Labute approximate surface area is 148 Å². The number of hydrogen-bond acceptors (Lipinski definition) is 3. The van der Waals surface area contributed by atoms with E-state index in [2.05, 4.69) is 22.8 Å². The fraction of sp³-hybridized carbons (Fsp3) is 0.316. The van der Waals surface area contributed by atoms with Gasteiger partial charge in [-0.05, 0) is 43.2 Å². The predicted molar refractivity (Wildman–Crippen MR) is 99.9 cm³/mol. The fourth-order valence-corrected chi connectivity index (χ4v) is 3.12. The van der Waals surface area contributed by atoms with Crippen LogP contribution in [-0.2, 0) is 6.42 Å². The van der Waals surface area contributed by atoms with Crippen molar-refractivity contribution in [3.63, 3.8) is 0 Å². The first-order valence-electron chi connectivity index (χ1n) is 8.02. The Bertz CT molecular complexity index is 634. The molecule has 2 rings (SSSR count). The molecule has 0 saturated heterocycles. The van der Waals surface area contributed by atoms with Crippen molar-refractivity contribution in [1.82, 2.24) is 10.6 Å². The standard InChI is InChI=1S/C19H24N2O2S/c1-15(13-16-7-6-8-17(14-16)23-2)21-19(22)20-11-12-24-18-9-4-3-5-10-18/h3-10,14-15H,11-13H2,1-2H3,(H2,20,21,22). The van der Waals surface area contributed by atoms with Crippen molar-refractivity contribution in [3.8, 4) is 5.75 Å². The number of rotatable bonds is 8. The summed E-state index contributed by atoms with van der Waals surface area (Å²) in [6.07, 6.45) is 0.767. The molecular weight excluding hydrogens is 320 g/mol. The van der Waals surface area contributed by atoms with E-state index in [1.807, 2.05) is 49.4 Å². The van der Waals surface area contributed by atoms with Gasteiger partial charge in [-0.1, -0.05) is 30.3 Å². The quantitative estimate of drug-likeness (QED) is 0.567. The Morgan fingerprint density at radius 3 is 2.71 bits per heavy atom. The van der Waals surface area contributed by atoms with Crippen LogP contribution in [0.1, 0.15) is 12.5 Å². The molecule has 0 spiro atoms. The van der Waals surface area contributed by atoms with E-state index in [1.54, 1.807) is 18.9 Å². The molecule has 2 aromatic rings. The van der Waals surface area contributed by atoms with E-state index in [1.165, 1.54) is 4.90 Å². The Hall–Kier alpha value is -2.14. The highest BCUT2D eigenvalue weighted by Gasteiger charge is 2.08. The number of ether oxygens (including phenoxy) is 1. The summed E-state index contributed by atoms with van der Waals surface area (Å²) >= 11 is 1.73. The van der Waals surface area contributed by atoms with Crippen molar-refractivity contribution in [2.24, 2.45) is 0 Å². The van der Waals surface area contributed by atoms with Crippen LogP contribution in [-0.4, -0.2) is 31.5 Å². The zero-order valence-electron chi connectivity index (χ0n) is 14.1. The van der Waals surface area contributed by atoms with Crippen LogP contribution in [0.5, 0.6) is 5.75 Å². The summed E-state index contributed by atoms with van der Waals surface area (Å²) in [6, 6.07) is 18.0. The third-order valence-electron chi connectivity index (χ3n) is 3.45. The zero-order valence-corrected chi connectivity index (χ0v) is 14.9. The maximum atomic E-state index is 11.9. The maximum Gasteiger partial charge on any atom is 0.315 e. The molecule has 2 amide bonds. The number of thioether (sulfide) groups is 1. The lowest BCUT2D eigenvalue weighted by atomic mass is 10.1. The monoisotopic (exact) mass is 344 g/mol. The summed E-state index contributed by atoms with van der Waals surface area (Å²) in [7, 11) is 1.65. The van der Waals surface area contributed by atoms with Crippen molar-refractivity contribution in [3.05, 3.63) is 60.2 Å². The van der Waals surface area contributed by atoms with E-state index in [-0.39, 0.29) is 12.1 Å². The number of carbonyl (C=O) groups excluding carboxylic acids is 1. The topological polar surface area (TPSA) is 50.4 Å². The van der Waals surface area contributed by atoms with E-state index in [9.17, 15) is 4.79 Å². The van der Waals surface area contributed by atoms with Crippen LogP contribution in [0.25, 0.3) is 0 Å². The zero-order chi connectivity index (χ0) is 17.2. The summed E-state index contributed by atoms with van der Waals surface area (Å²) in [4.78, 5) is 13.1. The van der Waals surface area contributed by atoms with Crippen molar-refractivity contribution < 1.29 is 9.53 Å². The van der Waals surface area contributed by atoms with Gasteiger partial charge in [-0.2, -0.15) is 0 Å². The Morgan fingerprint density at radius 1 is 1.17 bits per heavy atom. The average molecular weight is 344 g/mol. The van der Waals surface area contributed by atoms with Crippen LogP contribution >= 0.6 is 11.8 Å². The van der Waals surface area contributed by atoms with Gasteiger partial charge in [0.1, 0.15) is 5.75 Å². The molecule has 0 fully saturated rings. The number of carbonyl (C=O) groups is 1. The van der Waals surface area contributed by atoms with Gasteiger partial charge in [0.05, 0.1) is 7.11 Å². The van der Waals surface area contributed by atoms with Crippen LogP contribution in [0.15, 0.2) is 59.5 Å². The molecule has 2 aromatic carbocycles. The molecule has 1 atom stereocenters. The minimum atomic E-state index is -0.126. The van der Waals surface area contributed by atoms with Gasteiger partial charge in [-0.15, -0.1) is 11.8 Å². The maximum absolute atomic E-state index is 11.9.